The highest BCUT2D eigenvalue weighted by atomic mass is 16.3. The van der Waals surface area contributed by atoms with Gasteiger partial charge < -0.3 is 20.4 Å². The first-order valence-corrected chi connectivity index (χ1v) is 12.6. The molecule has 0 bridgehead atoms. The maximum Gasteiger partial charge on any atom is 0.122 e. The first-order chi connectivity index (χ1) is 17.5. The van der Waals surface area contributed by atoms with Gasteiger partial charge in [-0.2, -0.15) is 0 Å². The van der Waals surface area contributed by atoms with Gasteiger partial charge in [-0.05, 0) is 116 Å². The molecule has 4 nitrogen and oxygen atoms in total. The fourth-order valence-electron chi connectivity index (χ4n) is 5.16. The van der Waals surface area contributed by atoms with Gasteiger partial charge in [0, 0.05) is 24.0 Å². The Labute approximate surface area is 219 Å². The highest BCUT2D eigenvalue weighted by molar-refractivity contribution is 5.56. The van der Waals surface area contributed by atoms with E-state index in [1.54, 1.807) is 12.1 Å². The van der Waals surface area contributed by atoms with Gasteiger partial charge in [-0.3, -0.25) is 0 Å². The van der Waals surface area contributed by atoms with Crippen molar-refractivity contribution in [2.24, 2.45) is 0 Å². The molecule has 0 fully saturated rings. The third kappa shape index (κ3) is 5.29. The summed E-state index contributed by atoms with van der Waals surface area (Å²) in [4.78, 5) is 0. The highest BCUT2D eigenvalue weighted by Crippen LogP contribution is 2.36. The second-order valence-electron chi connectivity index (χ2n) is 10.4. The molecule has 4 rings (SSSR count). The Morgan fingerprint density at radius 3 is 1.19 bits per heavy atom. The van der Waals surface area contributed by atoms with Crippen LogP contribution in [-0.2, 0) is 19.3 Å². The van der Waals surface area contributed by atoms with Crippen LogP contribution in [0.5, 0.6) is 23.0 Å². The lowest BCUT2D eigenvalue weighted by molar-refractivity contribution is 0.464. The zero-order chi connectivity index (χ0) is 27.0. The van der Waals surface area contributed by atoms with Gasteiger partial charge in [0.15, 0.2) is 0 Å². The SMILES string of the molecule is Cc1cc(Cc2c(C)c(Cc3cc(C)c(O)c(Cc4ccc(O)c(C)c4)c3C)cc(C)c2O)ccc1O. The predicted octanol–water partition coefficient (Wildman–Crippen LogP) is 7.13. The lowest BCUT2D eigenvalue weighted by atomic mass is 9.86. The average molecular weight is 497 g/mol. The minimum absolute atomic E-state index is 0.270. The van der Waals surface area contributed by atoms with Gasteiger partial charge in [0.25, 0.3) is 0 Å². The molecule has 0 radical (unpaired) electrons. The Morgan fingerprint density at radius 2 is 0.838 bits per heavy atom. The van der Waals surface area contributed by atoms with Crippen LogP contribution in [0, 0.1) is 41.5 Å². The molecule has 0 atom stereocenters. The molecule has 0 heterocycles. The number of hydrogen-bond acceptors (Lipinski definition) is 4. The summed E-state index contributed by atoms with van der Waals surface area (Å²) >= 11 is 0. The summed E-state index contributed by atoms with van der Waals surface area (Å²) in [5, 5.41) is 41.7. The topological polar surface area (TPSA) is 80.9 Å². The van der Waals surface area contributed by atoms with Crippen molar-refractivity contribution in [1.29, 1.82) is 0 Å². The molecule has 4 aromatic rings. The number of aromatic hydroxyl groups is 4. The van der Waals surface area contributed by atoms with Crippen LogP contribution in [-0.4, -0.2) is 20.4 Å². The smallest absolute Gasteiger partial charge is 0.122 e. The standard InChI is InChI=1S/C33H36O4/c1-18-11-24(7-9-30(18)34)15-28-22(5)26(13-20(3)32(28)36)17-27-14-21(4)33(37)29(23(27)6)16-25-8-10-31(35)19(2)12-25/h7-14,34-37H,15-17H2,1-6H3. The number of rotatable bonds is 6. The Bertz CT molecular complexity index is 1380. The molecular weight excluding hydrogens is 460 g/mol. The maximum atomic E-state index is 10.9. The summed E-state index contributed by atoms with van der Waals surface area (Å²) in [6.45, 7) is 11.7. The van der Waals surface area contributed by atoms with Crippen LogP contribution >= 0.6 is 0 Å². The van der Waals surface area contributed by atoms with E-state index in [2.05, 4.69) is 26.0 Å². The van der Waals surface area contributed by atoms with Gasteiger partial charge >= 0.3 is 0 Å². The van der Waals surface area contributed by atoms with Gasteiger partial charge in [0.1, 0.15) is 23.0 Å². The van der Waals surface area contributed by atoms with Crippen LogP contribution < -0.4 is 0 Å². The monoisotopic (exact) mass is 496 g/mol. The summed E-state index contributed by atoms with van der Waals surface area (Å²) in [5.41, 5.74) is 11.5. The van der Waals surface area contributed by atoms with E-state index in [9.17, 15) is 20.4 Å². The van der Waals surface area contributed by atoms with Crippen molar-refractivity contribution >= 4 is 0 Å². The van der Waals surface area contributed by atoms with Crippen molar-refractivity contribution in [2.45, 2.75) is 60.8 Å². The van der Waals surface area contributed by atoms with E-state index >= 15 is 0 Å². The van der Waals surface area contributed by atoms with Crippen molar-refractivity contribution in [3.8, 4) is 23.0 Å². The summed E-state index contributed by atoms with van der Waals surface area (Å²) in [7, 11) is 0. The van der Waals surface area contributed by atoms with Crippen LogP contribution in [0.25, 0.3) is 0 Å². The third-order valence-corrected chi connectivity index (χ3v) is 7.63. The fraction of sp³-hybridized carbons (Fsp3) is 0.273. The molecule has 0 saturated carbocycles. The summed E-state index contributed by atoms with van der Waals surface area (Å²) in [6.07, 6.45) is 1.84. The molecule has 0 aliphatic rings. The van der Waals surface area contributed by atoms with Crippen LogP contribution in [0.1, 0.15) is 66.8 Å². The largest absolute Gasteiger partial charge is 0.508 e. The van der Waals surface area contributed by atoms with Gasteiger partial charge in [0.05, 0.1) is 0 Å². The molecule has 4 N–H and O–H groups in total. The minimum Gasteiger partial charge on any atom is -0.508 e. The molecule has 192 valence electrons. The molecule has 0 aliphatic heterocycles. The van der Waals surface area contributed by atoms with Crippen LogP contribution in [0.15, 0.2) is 48.5 Å². The third-order valence-electron chi connectivity index (χ3n) is 7.63. The Balaban J connectivity index is 1.73. The Morgan fingerprint density at radius 1 is 0.459 bits per heavy atom. The Hall–Kier alpha value is -3.92. The zero-order valence-electron chi connectivity index (χ0n) is 22.5. The van der Waals surface area contributed by atoms with Crippen molar-refractivity contribution in [3.05, 3.63) is 115 Å². The van der Waals surface area contributed by atoms with E-state index < -0.39 is 0 Å². The molecular formula is C33H36O4. The predicted molar refractivity (Wildman–Crippen MR) is 149 cm³/mol. The molecule has 0 unspecified atom stereocenters. The van der Waals surface area contributed by atoms with Gasteiger partial charge in [-0.25, -0.2) is 0 Å². The second kappa shape index (κ2) is 10.2. The fourth-order valence-corrected chi connectivity index (χ4v) is 5.16. The number of benzene rings is 4. The molecule has 0 saturated heterocycles. The van der Waals surface area contributed by atoms with Crippen LogP contribution in [0.2, 0.25) is 0 Å². The first kappa shape index (κ1) is 26.2. The lowest BCUT2D eigenvalue weighted by Gasteiger charge is -2.20. The van der Waals surface area contributed by atoms with Crippen molar-refractivity contribution in [1.82, 2.24) is 0 Å². The van der Waals surface area contributed by atoms with E-state index in [-0.39, 0.29) is 11.5 Å². The molecule has 37 heavy (non-hydrogen) atoms. The number of hydrogen-bond donors (Lipinski definition) is 4. The average Bonchev–Trinajstić information content (AvgIpc) is 2.85. The van der Waals surface area contributed by atoms with Crippen molar-refractivity contribution in [3.63, 3.8) is 0 Å². The van der Waals surface area contributed by atoms with Crippen molar-refractivity contribution < 1.29 is 20.4 Å². The highest BCUT2D eigenvalue weighted by Gasteiger charge is 2.18. The maximum absolute atomic E-state index is 10.9. The minimum atomic E-state index is 0.270. The molecule has 4 heteroatoms. The van der Waals surface area contributed by atoms with E-state index in [0.29, 0.717) is 30.8 Å². The molecule has 0 spiro atoms. The first-order valence-electron chi connectivity index (χ1n) is 12.6. The van der Waals surface area contributed by atoms with E-state index in [4.69, 9.17) is 0 Å². The summed E-state index contributed by atoms with van der Waals surface area (Å²) in [5.74, 6) is 1.17. The van der Waals surface area contributed by atoms with E-state index in [0.717, 1.165) is 66.8 Å². The van der Waals surface area contributed by atoms with Gasteiger partial charge in [0.2, 0.25) is 0 Å². The number of phenols is 4. The van der Waals surface area contributed by atoms with Gasteiger partial charge in [-0.15, -0.1) is 0 Å². The molecule has 4 aromatic carbocycles. The normalized spacial score (nSPS) is 11.2. The Kier molecular flexibility index (Phi) is 7.22. The quantitative estimate of drug-likeness (QED) is 0.229. The molecule has 0 aromatic heterocycles. The summed E-state index contributed by atoms with van der Waals surface area (Å²) < 4.78 is 0. The molecule has 0 amide bonds. The van der Waals surface area contributed by atoms with E-state index in [1.165, 1.54) is 0 Å². The summed E-state index contributed by atoms with van der Waals surface area (Å²) in [6, 6.07) is 15.2. The zero-order valence-corrected chi connectivity index (χ0v) is 22.5. The van der Waals surface area contributed by atoms with Crippen LogP contribution in [0.4, 0.5) is 0 Å². The lowest BCUT2D eigenvalue weighted by Crippen LogP contribution is -2.04. The number of aryl methyl sites for hydroxylation is 4. The second-order valence-corrected chi connectivity index (χ2v) is 10.4. The van der Waals surface area contributed by atoms with Gasteiger partial charge in [-0.1, -0.05) is 36.4 Å². The van der Waals surface area contributed by atoms with E-state index in [1.807, 2.05) is 52.0 Å². The van der Waals surface area contributed by atoms with Crippen LogP contribution in [0.3, 0.4) is 0 Å². The van der Waals surface area contributed by atoms with Crippen molar-refractivity contribution in [2.75, 3.05) is 0 Å². The number of phenolic OH excluding ortho intramolecular Hbond substituents is 4. The molecule has 0 aliphatic carbocycles.